The first kappa shape index (κ1) is 15.2. The summed E-state index contributed by atoms with van der Waals surface area (Å²) in [6.07, 6.45) is -0.0218. The lowest BCUT2D eigenvalue weighted by Gasteiger charge is -2.15. The van der Waals surface area contributed by atoms with Gasteiger partial charge in [-0.05, 0) is 48.4 Å². The van der Waals surface area contributed by atoms with Gasteiger partial charge in [0.25, 0.3) is 0 Å². The van der Waals surface area contributed by atoms with E-state index in [4.69, 9.17) is 14.2 Å². The number of carbonyl (C=O) groups excluding carboxylic acids is 1. The monoisotopic (exact) mass is 288 g/mol. The second kappa shape index (κ2) is 6.97. The first-order chi connectivity index (χ1) is 10.2. The molecule has 4 nitrogen and oxygen atoms in total. The van der Waals surface area contributed by atoms with Crippen LogP contribution in [0.25, 0.3) is 10.8 Å². The van der Waals surface area contributed by atoms with Crippen molar-refractivity contribution in [2.75, 3.05) is 13.7 Å². The first-order valence-electron chi connectivity index (χ1n) is 7.09. The SMILES string of the molecule is CCOc1ccc2ccc(OC(CC)C(=O)OC)cc2c1. The minimum atomic E-state index is -0.581. The molecule has 2 rings (SSSR count). The Kier molecular flexibility index (Phi) is 5.04. The Balaban J connectivity index is 2.26. The van der Waals surface area contributed by atoms with Crippen LogP contribution in [0.4, 0.5) is 0 Å². The molecule has 0 aliphatic rings. The molecule has 2 aromatic rings. The van der Waals surface area contributed by atoms with E-state index in [1.54, 1.807) is 0 Å². The maximum atomic E-state index is 11.6. The van der Waals surface area contributed by atoms with E-state index in [1.165, 1.54) is 7.11 Å². The van der Waals surface area contributed by atoms with Crippen LogP contribution in [0, 0.1) is 0 Å². The number of methoxy groups -OCH3 is 1. The Hall–Kier alpha value is -2.23. The highest BCUT2D eigenvalue weighted by Crippen LogP contribution is 2.26. The molecule has 0 fully saturated rings. The van der Waals surface area contributed by atoms with Crippen molar-refractivity contribution < 1.29 is 19.0 Å². The third-order valence-corrected chi connectivity index (χ3v) is 3.21. The van der Waals surface area contributed by atoms with E-state index in [2.05, 4.69) is 0 Å². The fraction of sp³-hybridized carbons (Fsp3) is 0.353. The van der Waals surface area contributed by atoms with Crippen molar-refractivity contribution in [1.82, 2.24) is 0 Å². The van der Waals surface area contributed by atoms with Crippen LogP contribution in [0.3, 0.4) is 0 Å². The number of esters is 1. The summed E-state index contributed by atoms with van der Waals surface area (Å²) < 4.78 is 15.9. The van der Waals surface area contributed by atoms with Gasteiger partial charge in [-0.1, -0.05) is 19.1 Å². The molecule has 1 atom stereocenters. The fourth-order valence-corrected chi connectivity index (χ4v) is 2.13. The van der Waals surface area contributed by atoms with Crippen LogP contribution < -0.4 is 9.47 Å². The molecular formula is C17H20O4. The van der Waals surface area contributed by atoms with E-state index in [-0.39, 0.29) is 5.97 Å². The number of rotatable bonds is 6. The molecule has 1 unspecified atom stereocenters. The zero-order valence-corrected chi connectivity index (χ0v) is 12.6. The standard InChI is InChI=1S/C17H20O4/c1-4-16(17(18)19-3)21-15-9-7-12-6-8-14(20-5-2)10-13(12)11-15/h6-11,16H,4-5H2,1-3H3. The average Bonchev–Trinajstić information content (AvgIpc) is 2.51. The number of fused-ring (bicyclic) bond motifs is 1. The molecule has 0 heterocycles. The summed E-state index contributed by atoms with van der Waals surface area (Å²) >= 11 is 0. The molecule has 0 radical (unpaired) electrons. The van der Waals surface area contributed by atoms with Crippen LogP contribution in [0.2, 0.25) is 0 Å². The van der Waals surface area contributed by atoms with E-state index >= 15 is 0 Å². The van der Waals surface area contributed by atoms with Gasteiger partial charge in [0.15, 0.2) is 6.10 Å². The molecule has 0 amide bonds. The predicted octanol–water partition coefficient (Wildman–Crippen LogP) is 3.57. The molecule has 0 aliphatic heterocycles. The van der Waals surface area contributed by atoms with Crippen molar-refractivity contribution in [3.63, 3.8) is 0 Å². The van der Waals surface area contributed by atoms with Crippen LogP contribution in [0.5, 0.6) is 11.5 Å². The van der Waals surface area contributed by atoms with Crippen molar-refractivity contribution in [1.29, 1.82) is 0 Å². The zero-order chi connectivity index (χ0) is 15.2. The number of ether oxygens (including phenoxy) is 3. The van der Waals surface area contributed by atoms with Crippen molar-refractivity contribution >= 4 is 16.7 Å². The van der Waals surface area contributed by atoms with E-state index in [9.17, 15) is 4.79 Å². The van der Waals surface area contributed by atoms with Gasteiger partial charge in [0.1, 0.15) is 11.5 Å². The van der Waals surface area contributed by atoms with E-state index < -0.39 is 6.10 Å². The molecule has 0 spiro atoms. The van der Waals surface area contributed by atoms with Gasteiger partial charge in [0, 0.05) is 0 Å². The first-order valence-corrected chi connectivity index (χ1v) is 7.09. The van der Waals surface area contributed by atoms with Gasteiger partial charge < -0.3 is 14.2 Å². The predicted molar refractivity (Wildman–Crippen MR) is 81.8 cm³/mol. The van der Waals surface area contributed by atoms with Gasteiger partial charge in [-0.25, -0.2) is 4.79 Å². The van der Waals surface area contributed by atoms with Gasteiger partial charge in [-0.15, -0.1) is 0 Å². The smallest absolute Gasteiger partial charge is 0.347 e. The van der Waals surface area contributed by atoms with Gasteiger partial charge in [-0.2, -0.15) is 0 Å². The normalized spacial score (nSPS) is 12.0. The van der Waals surface area contributed by atoms with Crippen LogP contribution >= 0.6 is 0 Å². The highest BCUT2D eigenvalue weighted by molar-refractivity contribution is 5.85. The molecule has 0 saturated heterocycles. The maximum Gasteiger partial charge on any atom is 0.347 e. The number of carbonyl (C=O) groups is 1. The molecule has 0 bridgehead atoms. The third-order valence-electron chi connectivity index (χ3n) is 3.21. The van der Waals surface area contributed by atoms with E-state index in [0.29, 0.717) is 18.8 Å². The lowest BCUT2D eigenvalue weighted by Crippen LogP contribution is -2.27. The number of hydrogen-bond donors (Lipinski definition) is 0. The number of hydrogen-bond acceptors (Lipinski definition) is 4. The van der Waals surface area contributed by atoms with Crippen LogP contribution in [-0.4, -0.2) is 25.8 Å². The molecule has 4 heteroatoms. The summed E-state index contributed by atoms with van der Waals surface area (Å²) in [5.41, 5.74) is 0. The quantitative estimate of drug-likeness (QED) is 0.762. The summed E-state index contributed by atoms with van der Waals surface area (Å²) in [6.45, 7) is 4.46. The molecule has 0 aliphatic carbocycles. The summed E-state index contributed by atoms with van der Waals surface area (Å²) in [4.78, 5) is 11.6. The lowest BCUT2D eigenvalue weighted by molar-refractivity contribution is -0.148. The molecule has 0 saturated carbocycles. The van der Waals surface area contributed by atoms with E-state index in [0.717, 1.165) is 16.5 Å². The Morgan fingerprint density at radius 1 is 1.05 bits per heavy atom. The fourth-order valence-electron chi connectivity index (χ4n) is 2.13. The van der Waals surface area contributed by atoms with Crippen molar-refractivity contribution in [2.45, 2.75) is 26.4 Å². The van der Waals surface area contributed by atoms with E-state index in [1.807, 2.05) is 50.2 Å². The van der Waals surface area contributed by atoms with Crippen LogP contribution in [-0.2, 0) is 9.53 Å². The molecule has 0 aromatic heterocycles. The van der Waals surface area contributed by atoms with Crippen molar-refractivity contribution in [3.8, 4) is 11.5 Å². The largest absolute Gasteiger partial charge is 0.494 e. The van der Waals surface area contributed by atoms with Gasteiger partial charge in [-0.3, -0.25) is 0 Å². The third kappa shape index (κ3) is 3.66. The minimum absolute atomic E-state index is 0.360. The highest BCUT2D eigenvalue weighted by Gasteiger charge is 2.18. The Bertz CT molecular complexity index is 621. The molecule has 21 heavy (non-hydrogen) atoms. The topological polar surface area (TPSA) is 44.8 Å². The molecular weight excluding hydrogens is 268 g/mol. The minimum Gasteiger partial charge on any atom is -0.494 e. The van der Waals surface area contributed by atoms with Crippen LogP contribution in [0.15, 0.2) is 36.4 Å². The average molecular weight is 288 g/mol. The van der Waals surface area contributed by atoms with Crippen LogP contribution in [0.1, 0.15) is 20.3 Å². The second-order valence-electron chi connectivity index (χ2n) is 4.64. The Morgan fingerprint density at radius 2 is 1.71 bits per heavy atom. The highest BCUT2D eigenvalue weighted by atomic mass is 16.6. The molecule has 112 valence electrons. The maximum absolute atomic E-state index is 11.6. The van der Waals surface area contributed by atoms with Gasteiger partial charge >= 0.3 is 5.97 Å². The molecule has 0 N–H and O–H groups in total. The zero-order valence-electron chi connectivity index (χ0n) is 12.6. The summed E-state index contributed by atoms with van der Waals surface area (Å²) in [5.74, 6) is 1.11. The van der Waals surface area contributed by atoms with Crippen molar-refractivity contribution in [3.05, 3.63) is 36.4 Å². The number of benzene rings is 2. The van der Waals surface area contributed by atoms with Gasteiger partial charge in [0.2, 0.25) is 0 Å². The second-order valence-corrected chi connectivity index (χ2v) is 4.64. The summed E-state index contributed by atoms with van der Waals surface area (Å²) in [6, 6.07) is 11.6. The Labute approximate surface area is 124 Å². The van der Waals surface area contributed by atoms with Gasteiger partial charge in [0.05, 0.1) is 13.7 Å². The summed E-state index contributed by atoms with van der Waals surface area (Å²) in [5, 5.41) is 2.11. The van der Waals surface area contributed by atoms with Crippen molar-refractivity contribution in [2.24, 2.45) is 0 Å². The Morgan fingerprint density at radius 3 is 2.33 bits per heavy atom. The lowest BCUT2D eigenvalue weighted by atomic mass is 10.1. The molecule has 2 aromatic carbocycles. The summed E-state index contributed by atoms with van der Waals surface area (Å²) in [7, 11) is 1.36.